The van der Waals surface area contributed by atoms with Crippen LogP contribution < -0.4 is 16.4 Å². The zero-order chi connectivity index (χ0) is 17.0. The van der Waals surface area contributed by atoms with Crippen molar-refractivity contribution >= 4 is 17.5 Å². The van der Waals surface area contributed by atoms with E-state index in [-0.39, 0.29) is 23.3 Å². The number of amides is 2. The van der Waals surface area contributed by atoms with Crippen molar-refractivity contribution in [3.05, 3.63) is 24.0 Å². The predicted octanol–water partition coefficient (Wildman–Crippen LogP) is 1.92. The molecule has 1 aromatic rings. The van der Waals surface area contributed by atoms with Gasteiger partial charge in [0.25, 0.3) is 5.91 Å². The highest BCUT2D eigenvalue weighted by Gasteiger charge is 2.32. The predicted molar refractivity (Wildman–Crippen MR) is 90.0 cm³/mol. The van der Waals surface area contributed by atoms with E-state index >= 15 is 0 Å². The van der Waals surface area contributed by atoms with Gasteiger partial charge in [0.2, 0.25) is 5.91 Å². The number of carbonyl (C=O) groups excluding carboxylic acids is 2. The molecule has 0 aromatic carbocycles. The molecule has 0 bridgehead atoms. The van der Waals surface area contributed by atoms with Crippen LogP contribution in [-0.4, -0.2) is 29.4 Å². The van der Waals surface area contributed by atoms with Gasteiger partial charge in [-0.2, -0.15) is 0 Å². The number of nitrogens with two attached hydrogens (primary N) is 1. The molecule has 1 fully saturated rings. The Morgan fingerprint density at radius 3 is 2.48 bits per heavy atom. The van der Waals surface area contributed by atoms with Gasteiger partial charge in [-0.1, -0.05) is 0 Å². The van der Waals surface area contributed by atoms with Crippen molar-refractivity contribution in [1.82, 2.24) is 10.3 Å². The average molecular weight is 318 g/mol. The van der Waals surface area contributed by atoms with Crippen molar-refractivity contribution in [2.24, 2.45) is 17.6 Å². The molecule has 0 radical (unpaired) electrons. The van der Waals surface area contributed by atoms with Gasteiger partial charge in [-0.3, -0.25) is 14.6 Å². The first-order valence-electron chi connectivity index (χ1n) is 8.09. The number of hydrogen-bond donors (Lipinski definition) is 3. The van der Waals surface area contributed by atoms with Crippen LogP contribution in [0.25, 0.3) is 0 Å². The lowest BCUT2D eigenvalue weighted by molar-refractivity contribution is -0.121. The van der Waals surface area contributed by atoms with Crippen LogP contribution in [0.15, 0.2) is 18.3 Å². The number of aromatic nitrogens is 1. The largest absolute Gasteiger partial charge is 0.354 e. The fourth-order valence-electron chi connectivity index (χ4n) is 3.10. The second kappa shape index (κ2) is 7.08. The normalized spacial score (nSPS) is 21.6. The summed E-state index contributed by atoms with van der Waals surface area (Å²) in [5, 5.41) is 5.41. The third kappa shape index (κ3) is 4.51. The minimum atomic E-state index is -0.271. The van der Waals surface area contributed by atoms with Crippen molar-refractivity contribution < 1.29 is 9.59 Å². The lowest BCUT2D eigenvalue weighted by atomic mass is 9.73. The Bertz CT molecular complexity index is 572. The molecular weight excluding hydrogens is 292 g/mol. The Kier molecular flexibility index (Phi) is 5.36. The van der Waals surface area contributed by atoms with Gasteiger partial charge < -0.3 is 16.4 Å². The molecule has 0 spiro atoms. The van der Waals surface area contributed by atoms with Gasteiger partial charge in [0.1, 0.15) is 5.69 Å². The molecule has 1 aliphatic carbocycles. The lowest BCUT2D eigenvalue weighted by Gasteiger charge is -2.36. The Labute approximate surface area is 137 Å². The van der Waals surface area contributed by atoms with Gasteiger partial charge in [0, 0.05) is 30.4 Å². The Morgan fingerprint density at radius 2 is 1.91 bits per heavy atom. The highest BCUT2D eigenvalue weighted by Crippen LogP contribution is 2.34. The quantitative estimate of drug-likeness (QED) is 0.790. The van der Waals surface area contributed by atoms with Crippen molar-refractivity contribution in [2.75, 3.05) is 12.4 Å². The van der Waals surface area contributed by atoms with Crippen molar-refractivity contribution in [3.8, 4) is 0 Å². The topological polar surface area (TPSA) is 97.1 Å². The highest BCUT2D eigenvalue weighted by molar-refractivity contribution is 5.96. The molecule has 4 N–H and O–H groups in total. The highest BCUT2D eigenvalue weighted by atomic mass is 16.2. The molecular formula is C17H26N4O2. The van der Waals surface area contributed by atoms with E-state index in [9.17, 15) is 9.59 Å². The maximum absolute atomic E-state index is 12.4. The minimum absolute atomic E-state index is 0.00483. The number of carbonyl (C=O) groups is 2. The van der Waals surface area contributed by atoms with Crippen LogP contribution in [0.4, 0.5) is 5.69 Å². The van der Waals surface area contributed by atoms with E-state index in [0.29, 0.717) is 17.3 Å². The maximum atomic E-state index is 12.4. The molecule has 1 saturated carbocycles. The molecule has 1 aliphatic rings. The third-order valence-electron chi connectivity index (χ3n) is 4.64. The lowest BCUT2D eigenvalue weighted by Crippen LogP contribution is -2.43. The van der Waals surface area contributed by atoms with E-state index in [2.05, 4.69) is 29.5 Å². The van der Waals surface area contributed by atoms with Crippen LogP contribution in [0.3, 0.4) is 0 Å². The van der Waals surface area contributed by atoms with Gasteiger partial charge >= 0.3 is 0 Å². The Morgan fingerprint density at radius 1 is 1.26 bits per heavy atom. The molecule has 23 heavy (non-hydrogen) atoms. The van der Waals surface area contributed by atoms with Crippen LogP contribution in [0, 0.1) is 11.8 Å². The summed E-state index contributed by atoms with van der Waals surface area (Å²) in [6.07, 6.45) is 5.17. The number of hydrogen-bond acceptors (Lipinski definition) is 4. The van der Waals surface area contributed by atoms with Gasteiger partial charge in [-0.05, 0) is 57.6 Å². The van der Waals surface area contributed by atoms with Crippen LogP contribution in [0.1, 0.15) is 50.0 Å². The summed E-state index contributed by atoms with van der Waals surface area (Å²) in [5.74, 6) is 0.205. The number of rotatable bonds is 4. The first-order valence-corrected chi connectivity index (χ1v) is 8.09. The third-order valence-corrected chi connectivity index (χ3v) is 4.64. The molecule has 6 heteroatoms. The standard InChI is InChI=1S/C17H26N4O2/c1-17(2,18)12-6-4-11(5-7-12)15(22)21-13-8-9-20-14(10-13)16(23)19-3/h8-12H,4-7,18H2,1-3H3,(H,19,23)(H,20,21,22). The Balaban J connectivity index is 1.94. The zero-order valence-corrected chi connectivity index (χ0v) is 14.1. The van der Waals surface area contributed by atoms with Crippen molar-refractivity contribution in [2.45, 2.75) is 45.1 Å². The molecule has 126 valence electrons. The SMILES string of the molecule is CNC(=O)c1cc(NC(=O)C2CCC(C(C)(C)N)CC2)ccn1. The zero-order valence-electron chi connectivity index (χ0n) is 14.1. The molecule has 2 amide bonds. The summed E-state index contributed by atoms with van der Waals surface area (Å²) in [5.41, 5.74) is 6.87. The fraction of sp³-hybridized carbons (Fsp3) is 0.588. The summed E-state index contributed by atoms with van der Waals surface area (Å²) < 4.78 is 0. The minimum Gasteiger partial charge on any atom is -0.354 e. The number of nitrogens with zero attached hydrogens (tertiary/aromatic N) is 1. The molecule has 2 rings (SSSR count). The monoisotopic (exact) mass is 318 g/mol. The average Bonchev–Trinajstić information content (AvgIpc) is 2.53. The number of pyridine rings is 1. The summed E-state index contributed by atoms with van der Waals surface area (Å²) >= 11 is 0. The van der Waals surface area contributed by atoms with Crippen LogP contribution >= 0.6 is 0 Å². The molecule has 0 aliphatic heterocycles. The van der Waals surface area contributed by atoms with Crippen LogP contribution in [0.5, 0.6) is 0 Å². The van der Waals surface area contributed by atoms with Crippen LogP contribution in [0.2, 0.25) is 0 Å². The van der Waals surface area contributed by atoms with E-state index in [4.69, 9.17) is 5.73 Å². The molecule has 1 aromatic heterocycles. The van der Waals surface area contributed by atoms with Gasteiger partial charge in [0.15, 0.2) is 0 Å². The van der Waals surface area contributed by atoms with Gasteiger partial charge in [-0.15, -0.1) is 0 Å². The summed E-state index contributed by atoms with van der Waals surface area (Å²) in [4.78, 5) is 28.0. The van der Waals surface area contributed by atoms with Crippen LogP contribution in [-0.2, 0) is 4.79 Å². The number of anilines is 1. The smallest absolute Gasteiger partial charge is 0.269 e. The van der Waals surface area contributed by atoms with E-state index in [1.807, 2.05) is 0 Å². The first-order chi connectivity index (χ1) is 10.8. The fourth-order valence-corrected chi connectivity index (χ4v) is 3.10. The van der Waals surface area contributed by atoms with Crippen molar-refractivity contribution in [3.63, 3.8) is 0 Å². The van der Waals surface area contributed by atoms with E-state index in [0.717, 1.165) is 25.7 Å². The summed E-state index contributed by atoms with van der Waals surface area (Å²) in [6.45, 7) is 4.10. The molecule has 0 unspecified atom stereocenters. The van der Waals surface area contributed by atoms with E-state index in [1.165, 1.54) is 6.20 Å². The van der Waals surface area contributed by atoms with Crippen molar-refractivity contribution in [1.29, 1.82) is 0 Å². The van der Waals surface area contributed by atoms with Gasteiger partial charge in [0.05, 0.1) is 0 Å². The molecule has 0 saturated heterocycles. The van der Waals surface area contributed by atoms with Gasteiger partial charge in [-0.25, -0.2) is 0 Å². The maximum Gasteiger partial charge on any atom is 0.269 e. The Hall–Kier alpha value is -1.95. The molecule has 6 nitrogen and oxygen atoms in total. The van der Waals surface area contributed by atoms with E-state index in [1.54, 1.807) is 19.2 Å². The van der Waals surface area contributed by atoms with E-state index < -0.39 is 0 Å². The summed E-state index contributed by atoms with van der Waals surface area (Å²) in [7, 11) is 1.55. The number of nitrogens with one attached hydrogen (secondary N) is 2. The molecule has 0 atom stereocenters. The molecule has 1 heterocycles. The second-order valence-corrected chi connectivity index (χ2v) is 6.87. The summed E-state index contributed by atoms with van der Waals surface area (Å²) in [6, 6.07) is 3.28. The second-order valence-electron chi connectivity index (χ2n) is 6.87. The first kappa shape index (κ1) is 17.4.